The van der Waals surface area contributed by atoms with Crippen LogP contribution in [-0.2, 0) is 10.8 Å². The minimum absolute atomic E-state index is 0.0814. The highest BCUT2D eigenvalue weighted by atomic mass is 15.1. The van der Waals surface area contributed by atoms with Crippen LogP contribution in [0.2, 0.25) is 0 Å². The number of imidazole rings is 1. The van der Waals surface area contributed by atoms with Gasteiger partial charge in [0.2, 0.25) is 0 Å². The highest BCUT2D eigenvalue weighted by Gasteiger charge is 2.49. The minimum atomic E-state index is 0.0814. The molecule has 0 saturated heterocycles. The van der Waals surface area contributed by atoms with Crippen LogP contribution in [0.5, 0.6) is 0 Å². The summed E-state index contributed by atoms with van der Waals surface area (Å²) in [5.41, 5.74) is 15.7. The third-order valence-corrected chi connectivity index (χ3v) is 11.2. The third-order valence-electron chi connectivity index (χ3n) is 11.2. The van der Waals surface area contributed by atoms with Crippen molar-refractivity contribution in [2.45, 2.75) is 91.4 Å². The molecule has 0 aliphatic heterocycles. The predicted octanol–water partition coefficient (Wildman–Crippen LogP) is 13.4. The first kappa shape index (κ1) is 33.8. The van der Waals surface area contributed by atoms with Crippen LogP contribution in [-0.4, -0.2) is 9.55 Å². The van der Waals surface area contributed by atoms with Crippen LogP contribution < -0.4 is 0 Å². The van der Waals surface area contributed by atoms with Crippen LogP contribution in [0, 0.1) is 5.92 Å². The summed E-state index contributed by atoms with van der Waals surface area (Å²) in [4.78, 5) is 5.20. The van der Waals surface area contributed by atoms with E-state index in [0.29, 0.717) is 17.8 Å². The van der Waals surface area contributed by atoms with E-state index in [1.165, 1.54) is 73.3 Å². The van der Waals surface area contributed by atoms with Crippen LogP contribution in [0.4, 0.5) is 0 Å². The molecule has 0 amide bonds. The van der Waals surface area contributed by atoms with E-state index >= 15 is 0 Å². The highest BCUT2D eigenvalue weighted by Crippen LogP contribution is 2.56. The molecule has 6 aromatic rings. The normalized spacial score (nSPS) is 17.5. The molecule has 1 unspecified atom stereocenters. The van der Waals surface area contributed by atoms with Gasteiger partial charge in [0.1, 0.15) is 5.82 Å². The Morgan fingerprint density at radius 1 is 0.680 bits per heavy atom. The van der Waals surface area contributed by atoms with E-state index in [4.69, 9.17) is 4.98 Å². The lowest BCUT2D eigenvalue weighted by Gasteiger charge is -2.26. The zero-order valence-corrected chi connectivity index (χ0v) is 31.4. The van der Waals surface area contributed by atoms with Gasteiger partial charge in [0.25, 0.3) is 0 Å². The molecule has 2 heteroatoms. The Bertz CT molecular complexity index is 2160. The molecule has 1 aromatic heterocycles. The maximum Gasteiger partial charge on any atom is 0.144 e. The van der Waals surface area contributed by atoms with E-state index in [0.717, 1.165) is 5.82 Å². The third kappa shape index (κ3) is 6.15. The monoisotopic (exact) mass is 656 g/mol. The fraction of sp³-hybridized carbons (Fsp3) is 0.312. The zero-order valence-electron chi connectivity index (χ0n) is 31.4. The first-order chi connectivity index (χ1) is 23.9. The zero-order chi connectivity index (χ0) is 35.4. The minimum Gasteiger partial charge on any atom is -0.299 e. The molecule has 1 aliphatic rings. The van der Waals surface area contributed by atoms with Gasteiger partial charge in [-0.3, -0.25) is 4.57 Å². The fourth-order valence-corrected chi connectivity index (χ4v) is 7.90. The van der Waals surface area contributed by atoms with E-state index in [-0.39, 0.29) is 10.8 Å². The molecule has 1 aliphatic carbocycles. The molecule has 2 atom stereocenters. The summed E-state index contributed by atoms with van der Waals surface area (Å²) in [6.07, 6.45) is 5.39. The molecule has 0 radical (unpaired) electrons. The van der Waals surface area contributed by atoms with Crippen LogP contribution >= 0.6 is 0 Å². The van der Waals surface area contributed by atoms with Gasteiger partial charge in [-0.1, -0.05) is 159 Å². The van der Waals surface area contributed by atoms with Gasteiger partial charge in [-0.25, -0.2) is 4.98 Å². The van der Waals surface area contributed by atoms with E-state index in [2.05, 4.69) is 182 Å². The van der Waals surface area contributed by atoms with Crippen molar-refractivity contribution < 1.29 is 0 Å². The predicted molar refractivity (Wildman–Crippen MR) is 213 cm³/mol. The lowest BCUT2D eigenvalue weighted by atomic mass is 9.84. The van der Waals surface area contributed by atoms with E-state index < -0.39 is 0 Å². The number of nitrogens with zero attached hydrogens (tertiary/aromatic N) is 2. The van der Waals surface area contributed by atoms with Crippen molar-refractivity contribution in [3.8, 4) is 50.5 Å². The smallest absolute Gasteiger partial charge is 0.144 e. The second kappa shape index (κ2) is 12.9. The largest absolute Gasteiger partial charge is 0.299 e. The van der Waals surface area contributed by atoms with Gasteiger partial charge in [-0.15, -0.1) is 0 Å². The van der Waals surface area contributed by atoms with Crippen molar-refractivity contribution in [2.24, 2.45) is 5.92 Å². The Labute approximate surface area is 300 Å². The summed E-state index contributed by atoms with van der Waals surface area (Å²) in [6.45, 7) is 21.0. The van der Waals surface area contributed by atoms with Crippen molar-refractivity contribution in [3.63, 3.8) is 0 Å². The Kier molecular flexibility index (Phi) is 8.71. The molecule has 254 valence electrons. The van der Waals surface area contributed by atoms with E-state index in [1.54, 1.807) is 0 Å². The van der Waals surface area contributed by atoms with Gasteiger partial charge in [-0.05, 0) is 103 Å². The van der Waals surface area contributed by atoms with Gasteiger partial charge < -0.3 is 0 Å². The molecule has 7 rings (SSSR count). The summed E-state index contributed by atoms with van der Waals surface area (Å²) in [5.74, 6) is 2.29. The first-order valence-electron chi connectivity index (χ1n) is 18.5. The molecule has 0 N–H and O–H groups in total. The molecular weight excluding hydrogens is 605 g/mol. The summed E-state index contributed by atoms with van der Waals surface area (Å²) in [6, 6.07) is 40.7. The van der Waals surface area contributed by atoms with Gasteiger partial charge in [0.05, 0.1) is 5.69 Å². The SMILES string of the molecule is CC(C)c1ccc(-c2cccc(-c3ccccc3)c2)c(C(C)C)c1-n1ccnc1-c1cc(-c2cccc(C(C)(C)C)c2)ccc1C1(C)C[C@@H]1C. The maximum atomic E-state index is 5.20. The molecule has 1 fully saturated rings. The average molecular weight is 657 g/mol. The Morgan fingerprint density at radius 3 is 1.98 bits per heavy atom. The second-order valence-corrected chi connectivity index (χ2v) is 16.5. The van der Waals surface area contributed by atoms with Gasteiger partial charge in [0, 0.05) is 18.0 Å². The van der Waals surface area contributed by atoms with Crippen LogP contribution in [0.15, 0.2) is 122 Å². The van der Waals surface area contributed by atoms with Gasteiger partial charge in [0.15, 0.2) is 0 Å². The molecule has 1 saturated carbocycles. The Morgan fingerprint density at radius 2 is 1.32 bits per heavy atom. The highest BCUT2D eigenvalue weighted by molar-refractivity contribution is 5.80. The van der Waals surface area contributed by atoms with Gasteiger partial charge >= 0.3 is 0 Å². The lowest BCUT2D eigenvalue weighted by Crippen LogP contribution is -2.12. The fourth-order valence-electron chi connectivity index (χ4n) is 7.90. The molecule has 0 bridgehead atoms. The van der Waals surface area contributed by atoms with Crippen molar-refractivity contribution in [1.82, 2.24) is 9.55 Å². The number of aromatic nitrogens is 2. The maximum absolute atomic E-state index is 5.20. The summed E-state index contributed by atoms with van der Waals surface area (Å²) in [7, 11) is 0. The van der Waals surface area contributed by atoms with Crippen molar-refractivity contribution in [2.75, 3.05) is 0 Å². The standard InChI is InChI=1S/C48H52N2/c1-31(2)40-22-23-41(38-19-13-17-35(27-38)34-15-11-10-12-16-34)44(32(3)4)45(40)50-26-25-49-46(50)42-29-37(21-24-43(42)48(9)30-33(48)5)36-18-14-20-39(28-36)47(6,7)8/h10-29,31-33H,30H2,1-9H3/t33-,48?/m0/s1. The van der Waals surface area contributed by atoms with E-state index in [9.17, 15) is 0 Å². The van der Waals surface area contributed by atoms with Crippen LogP contribution in [0.25, 0.3) is 50.5 Å². The van der Waals surface area contributed by atoms with Crippen molar-refractivity contribution >= 4 is 0 Å². The number of hydrogen-bond acceptors (Lipinski definition) is 1. The number of rotatable bonds is 8. The molecule has 2 nitrogen and oxygen atoms in total. The average Bonchev–Trinajstić information content (AvgIpc) is 3.46. The first-order valence-corrected chi connectivity index (χ1v) is 18.5. The number of hydrogen-bond donors (Lipinski definition) is 0. The summed E-state index contributed by atoms with van der Waals surface area (Å²) >= 11 is 0. The Balaban J connectivity index is 1.45. The summed E-state index contributed by atoms with van der Waals surface area (Å²) in [5, 5.41) is 0. The van der Waals surface area contributed by atoms with Crippen molar-refractivity contribution in [1.29, 1.82) is 0 Å². The Hall–Kier alpha value is -4.69. The summed E-state index contributed by atoms with van der Waals surface area (Å²) < 4.78 is 2.42. The molecular formula is C48H52N2. The molecule has 1 heterocycles. The molecule has 0 spiro atoms. The quantitative estimate of drug-likeness (QED) is 0.159. The van der Waals surface area contributed by atoms with Gasteiger partial charge in [-0.2, -0.15) is 0 Å². The molecule has 5 aromatic carbocycles. The van der Waals surface area contributed by atoms with Crippen LogP contribution in [0.1, 0.15) is 103 Å². The van der Waals surface area contributed by atoms with Crippen molar-refractivity contribution in [3.05, 3.63) is 144 Å². The van der Waals surface area contributed by atoms with Crippen LogP contribution in [0.3, 0.4) is 0 Å². The van der Waals surface area contributed by atoms with E-state index in [1.807, 2.05) is 6.20 Å². The molecule has 50 heavy (non-hydrogen) atoms. The lowest BCUT2D eigenvalue weighted by molar-refractivity contribution is 0.590. The topological polar surface area (TPSA) is 17.8 Å². The second-order valence-electron chi connectivity index (χ2n) is 16.5. The number of benzene rings is 5.